The third kappa shape index (κ3) is 7.69. The monoisotopic (exact) mass is 523 g/mol. The zero-order chi connectivity index (χ0) is 26.9. The number of alkyl halides is 2. The maximum atomic E-state index is 13.8. The molecule has 0 spiro atoms. The van der Waals surface area contributed by atoms with Crippen LogP contribution in [-0.4, -0.2) is 30.7 Å². The number of nitrogens with zero attached hydrogens (tertiary/aromatic N) is 1. The maximum Gasteiger partial charge on any atom is 0.387 e. The number of nitrogens with one attached hydrogen (secondary N) is 1. The number of rotatable bonds is 11. The van der Waals surface area contributed by atoms with Crippen molar-refractivity contribution >= 4 is 5.91 Å². The molecule has 1 aliphatic carbocycles. The van der Waals surface area contributed by atoms with Crippen LogP contribution in [0.5, 0.6) is 11.5 Å². The number of benzene rings is 2. The molecule has 1 aliphatic rings. The summed E-state index contributed by atoms with van der Waals surface area (Å²) in [5, 5.41) is 2.61. The van der Waals surface area contributed by atoms with Crippen LogP contribution in [0.4, 0.5) is 17.6 Å². The van der Waals surface area contributed by atoms with E-state index in [2.05, 4.69) is 15.0 Å². The van der Waals surface area contributed by atoms with Crippen LogP contribution in [0, 0.1) is 17.6 Å². The van der Waals surface area contributed by atoms with Crippen LogP contribution in [0.15, 0.2) is 40.8 Å². The standard InChI is InChI=1S/C24H23F4N3O4.C2H6/c25-16-5-3-14(17(26)10-16)7-8-30-22(32)21-20(11-29)34-23(31-21)15-4-6-18(35-24(27)28)19(9-15)33-12-13-1-2-13;1-2/h3-6,9-10,13,24H,1-2,7-8,11-12,29H2,(H,30,32);1-2H3. The molecule has 2 aromatic carbocycles. The summed E-state index contributed by atoms with van der Waals surface area (Å²) < 4.78 is 68.2. The molecule has 0 saturated heterocycles. The van der Waals surface area contributed by atoms with E-state index in [0.29, 0.717) is 18.1 Å². The van der Waals surface area contributed by atoms with Gasteiger partial charge in [-0.3, -0.25) is 4.79 Å². The molecule has 0 bridgehead atoms. The molecular formula is C26H29F4N3O4. The number of halogens is 4. The van der Waals surface area contributed by atoms with Crippen molar-refractivity contribution in [2.24, 2.45) is 11.7 Å². The van der Waals surface area contributed by atoms with E-state index >= 15 is 0 Å². The average Bonchev–Trinajstić information content (AvgIpc) is 3.61. The minimum absolute atomic E-state index is 0.0417. The normalized spacial score (nSPS) is 12.6. The molecule has 37 heavy (non-hydrogen) atoms. The van der Waals surface area contributed by atoms with Crippen molar-refractivity contribution in [1.82, 2.24) is 10.3 Å². The van der Waals surface area contributed by atoms with E-state index in [0.717, 1.165) is 25.0 Å². The minimum Gasteiger partial charge on any atom is -0.489 e. The van der Waals surface area contributed by atoms with Gasteiger partial charge in [-0.2, -0.15) is 8.78 Å². The van der Waals surface area contributed by atoms with E-state index in [4.69, 9.17) is 14.9 Å². The molecule has 4 rings (SSSR count). The second-order valence-electron chi connectivity index (χ2n) is 8.03. The quantitative estimate of drug-likeness (QED) is 0.324. The predicted octanol–water partition coefficient (Wildman–Crippen LogP) is 5.47. The van der Waals surface area contributed by atoms with E-state index < -0.39 is 24.2 Å². The van der Waals surface area contributed by atoms with Gasteiger partial charge in [-0.05, 0) is 55.0 Å². The Morgan fingerprint density at radius 3 is 2.57 bits per heavy atom. The van der Waals surface area contributed by atoms with Crippen molar-refractivity contribution in [2.75, 3.05) is 13.2 Å². The molecule has 1 amide bonds. The largest absolute Gasteiger partial charge is 0.489 e. The van der Waals surface area contributed by atoms with Gasteiger partial charge in [0.05, 0.1) is 13.2 Å². The van der Waals surface area contributed by atoms with Gasteiger partial charge >= 0.3 is 6.61 Å². The van der Waals surface area contributed by atoms with Crippen molar-refractivity contribution < 1.29 is 36.2 Å². The summed E-state index contributed by atoms with van der Waals surface area (Å²) >= 11 is 0. The van der Waals surface area contributed by atoms with Crippen LogP contribution in [0.25, 0.3) is 11.5 Å². The summed E-state index contributed by atoms with van der Waals surface area (Å²) in [5.41, 5.74) is 6.26. The molecular weight excluding hydrogens is 494 g/mol. The summed E-state index contributed by atoms with van der Waals surface area (Å²) in [6, 6.07) is 7.43. The third-order valence-corrected chi connectivity index (χ3v) is 5.37. The van der Waals surface area contributed by atoms with Crippen molar-refractivity contribution in [1.29, 1.82) is 0 Å². The Hall–Kier alpha value is -3.60. The molecule has 3 aromatic rings. The lowest BCUT2D eigenvalue weighted by molar-refractivity contribution is -0.0515. The molecule has 1 heterocycles. The first-order valence-corrected chi connectivity index (χ1v) is 12.0. The molecule has 0 unspecified atom stereocenters. The Balaban J connectivity index is 0.00000186. The Labute approximate surface area is 212 Å². The molecule has 1 aromatic heterocycles. The van der Waals surface area contributed by atoms with Crippen molar-refractivity contribution in [2.45, 2.75) is 46.3 Å². The van der Waals surface area contributed by atoms with Gasteiger partial charge in [0.15, 0.2) is 23.0 Å². The Morgan fingerprint density at radius 2 is 1.92 bits per heavy atom. The first-order chi connectivity index (χ1) is 17.8. The number of amides is 1. The zero-order valence-corrected chi connectivity index (χ0v) is 20.5. The molecule has 0 atom stereocenters. The molecule has 1 fully saturated rings. The van der Waals surface area contributed by atoms with Crippen molar-refractivity contribution in [3.8, 4) is 23.0 Å². The fraction of sp³-hybridized carbons (Fsp3) is 0.385. The van der Waals surface area contributed by atoms with Crippen LogP contribution in [0.2, 0.25) is 0 Å². The number of nitrogens with two attached hydrogens (primary N) is 1. The first-order valence-electron chi connectivity index (χ1n) is 12.0. The zero-order valence-electron chi connectivity index (χ0n) is 20.5. The van der Waals surface area contributed by atoms with Gasteiger partial charge in [-0.1, -0.05) is 19.9 Å². The summed E-state index contributed by atoms with van der Waals surface area (Å²) in [4.78, 5) is 16.9. The Morgan fingerprint density at radius 1 is 1.16 bits per heavy atom. The highest BCUT2D eigenvalue weighted by molar-refractivity contribution is 5.93. The number of hydrogen-bond acceptors (Lipinski definition) is 6. The van der Waals surface area contributed by atoms with Gasteiger partial charge in [0.25, 0.3) is 5.91 Å². The lowest BCUT2D eigenvalue weighted by Crippen LogP contribution is -2.27. The fourth-order valence-electron chi connectivity index (χ4n) is 3.35. The second-order valence-corrected chi connectivity index (χ2v) is 8.03. The molecule has 1 saturated carbocycles. The van der Waals surface area contributed by atoms with Crippen LogP contribution < -0.4 is 20.5 Å². The van der Waals surface area contributed by atoms with E-state index in [-0.39, 0.29) is 53.9 Å². The predicted molar refractivity (Wildman–Crippen MR) is 128 cm³/mol. The van der Waals surface area contributed by atoms with Gasteiger partial charge in [0.1, 0.15) is 11.6 Å². The molecule has 7 nitrogen and oxygen atoms in total. The van der Waals surface area contributed by atoms with Gasteiger partial charge in [-0.15, -0.1) is 0 Å². The first kappa shape index (κ1) is 28.0. The van der Waals surface area contributed by atoms with E-state index in [1.807, 2.05) is 13.8 Å². The second kappa shape index (κ2) is 13.1. The SMILES string of the molecule is CC.NCc1oc(-c2ccc(OC(F)F)c(OCC3CC3)c2)nc1C(=O)NCCc1ccc(F)cc1F. The molecule has 3 N–H and O–H groups in total. The Kier molecular flexibility index (Phi) is 9.90. The summed E-state index contributed by atoms with van der Waals surface area (Å²) in [6.07, 6.45) is 2.15. The number of carbonyl (C=O) groups is 1. The van der Waals surface area contributed by atoms with E-state index in [1.54, 1.807) is 0 Å². The number of oxazole rings is 1. The molecule has 200 valence electrons. The molecule has 0 radical (unpaired) electrons. The van der Waals surface area contributed by atoms with Crippen LogP contribution >= 0.6 is 0 Å². The smallest absolute Gasteiger partial charge is 0.387 e. The lowest BCUT2D eigenvalue weighted by atomic mass is 10.1. The highest BCUT2D eigenvalue weighted by atomic mass is 19.3. The summed E-state index contributed by atoms with van der Waals surface area (Å²) in [7, 11) is 0. The van der Waals surface area contributed by atoms with Crippen molar-refractivity contribution in [3.63, 3.8) is 0 Å². The summed E-state index contributed by atoms with van der Waals surface area (Å²) in [6.45, 7) is 1.28. The van der Waals surface area contributed by atoms with E-state index in [1.165, 1.54) is 24.3 Å². The van der Waals surface area contributed by atoms with Crippen LogP contribution in [0.1, 0.15) is 48.5 Å². The number of hydrogen-bond donors (Lipinski definition) is 2. The highest BCUT2D eigenvalue weighted by Gasteiger charge is 2.24. The number of aromatic nitrogens is 1. The third-order valence-electron chi connectivity index (χ3n) is 5.37. The molecule has 11 heteroatoms. The van der Waals surface area contributed by atoms with Gasteiger partial charge in [-0.25, -0.2) is 13.8 Å². The Bertz CT molecular complexity index is 1200. The van der Waals surface area contributed by atoms with E-state index in [9.17, 15) is 22.4 Å². The minimum atomic E-state index is -3.02. The number of ether oxygens (including phenoxy) is 2. The van der Waals surface area contributed by atoms with Gasteiger partial charge < -0.3 is 24.9 Å². The molecule has 0 aliphatic heterocycles. The van der Waals surface area contributed by atoms with Gasteiger partial charge in [0, 0.05) is 18.2 Å². The summed E-state index contributed by atoms with van der Waals surface area (Å²) in [5.74, 6) is -1.47. The average molecular weight is 524 g/mol. The number of carbonyl (C=O) groups excluding carboxylic acids is 1. The maximum absolute atomic E-state index is 13.8. The topological polar surface area (TPSA) is 99.6 Å². The lowest BCUT2D eigenvalue weighted by Gasteiger charge is -2.12. The fourth-order valence-corrected chi connectivity index (χ4v) is 3.35. The van der Waals surface area contributed by atoms with Crippen molar-refractivity contribution in [3.05, 3.63) is 65.1 Å². The van der Waals surface area contributed by atoms with Crippen LogP contribution in [0.3, 0.4) is 0 Å². The highest BCUT2D eigenvalue weighted by Crippen LogP contribution is 2.36. The van der Waals surface area contributed by atoms with Gasteiger partial charge in [0.2, 0.25) is 5.89 Å². The van der Waals surface area contributed by atoms with Crippen LogP contribution in [-0.2, 0) is 13.0 Å².